The van der Waals surface area contributed by atoms with Gasteiger partial charge in [0.25, 0.3) is 0 Å². The van der Waals surface area contributed by atoms with E-state index in [0.717, 1.165) is 5.30 Å². The van der Waals surface area contributed by atoms with Crippen molar-refractivity contribution in [3.63, 3.8) is 0 Å². The molecule has 6 heteroatoms. The van der Waals surface area contributed by atoms with Gasteiger partial charge < -0.3 is 0 Å². The molecule has 1 aromatic rings. The molecule has 2 aliphatic heterocycles. The Morgan fingerprint density at radius 2 is 1.25 bits per heavy atom. The average molecular weight is 263 g/mol. The molecule has 0 aromatic heterocycles. The third-order valence-corrected chi connectivity index (χ3v) is 6.58. The summed E-state index contributed by atoms with van der Waals surface area (Å²) in [5, 5.41) is 1.48. The summed E-state index contributed by atoms with van der Waals surface area (Å²) in [7, 11) is -3.45. The summed E-state index contributed by atoms with van der Waals surface area (Å²) >= 11 is 5.86. The van der Waals surface area contributed by atoms with Crippen molar-refractivity contribution < 1.29 is 18.1 Å². The molecule has 0 amide bonds. The molecular weight excluding hydrogens is 251 g/mol. The minimum atomic E-state index is -3.45. The Kier molecular flexibility index (Phi) is 2.48. The van der Waals surface area contributed by atoms with E-state index in [1.165, 1.54) is 0 Å². The van der Waals surface area contributed by atoms with E-state index in [-0.39, 0.29) is 0 Å². The predicted octanol–water partition coefficient (Wildman–Crippen LogP) is 2.27. The second kappa shape index (κ2) is 3.64. The summed E-state index contributed by atoms with van der Waals surface area (Å²) in [5.74, 6) is 0. The molecule has 88 valence electrons. The summed E-state index contributed by atoms with van der Waals surface area (Å²) < 4.78 is 22.9. The van der Waals surface area contributed by atoms with Gasteiger partial charge in [-0.3, -0.25) is 0 Å². The number of hydrogen-bond acceptors (Lipinski definition) is 4. The van der Waals surface area contributed by atoms with Gasteiger partial charge in [-0.15, -0.1) is 0 Å². The summed E-state index contributed by atoms with van der Waals surface area (Å²) in [6, 6.07) is 7.26. The monoisotopic (exact) mass is 262 g/mol. The van der Waals surface area contributed by atoms with Crippen molar-refractivity contribution in [3.8, 4) is 0 Å². The van der Waals surface area contributed by atoms with E-state index in [2.05, 4.69) is 0 Å². The van der Waals surface area contributed by atoms with Gasteiger partial charge in [0.15, 0.2) is 0 Å². The second-order valence-electron chi connectivity index (χ2n) is 3.62. The van der Waals surface area contributed by atoms with E-state index in [1.54, 1.807) is 12.1 Å². The summed E-state index contributed by atoms with van der Waals surface area (Å²) in [6.45, 7) is 2.00. The fourth-order valence-corrected chi connectivity index (χ4v) is 5.35. The molecule has 0 aliphatic carbocycles. The second-order valence-corrected chi connectivity index (χ2v) is 7.23. The van der Waals surface area contributed by atoms with Crippen LogP contribution in [-0.2, 0) is 18.1 Å². The molecule has 0 atom stereocenters. The van der Waals surface area contributed by atoms with Crippen molar-refractivity contribution in [1.82, 2.24) is 0 Å². The van der Waals surface area contributed by atoms with Gasteiger partial charge in [-0.2, -0.15) is 0 Å². The topological polar surface area (TPSA) is 36.9 Å². The predicted molar refractivity (Wildman–Crippen MR) is 61.8 cm³/mol. The molecule has 2 saturated heterocycles. The zero-order valence-corrected chi connectivity index (χ0v) is 10.2. The van der Waals surface area contributed by atoms with Gasteiger partial charge in [-0.1, -0.05) is 0 Å². The molecule has 0 saturated carbocycles. The number of rotatable bonds is 1. The van der Waals surface area contributed by atoms with Gasteiger partial charge >= 0.3 is 98.2 Å². The van der Waals surface area contributed by atoms with Gasteiger partial charge in [0, 0.05) is 0 Å². The van der Waals surface area contributed by atoms with Gasteiger partial charge in [0.05, 0.1) is 0 Å². The quantitative estimate of drug-likeness (QED) is 0.728. The molecule has 0 bridgehead atoms. The van der Waals surface area contributed by atoms with Crippen LogP contribution < -0.4 is 5.30 Å². The zero-order valence-electron chi connectivity index (χ0n) is 8.60. The van der Waals surface area contributed by atoms with Crippen LogP contribution in [-0.4, -0.2) is 26.4 Å². The van der Waals surface area contributed by atoms with Gasteiger partial charge in [-0.25, -0.2) is 0 Å². The van der Waals surface area contributed by atoms with Crippen LogP contribution in [0.15, 0.2) is 24.3 Å². The van der Waals surface area contributed by atoms with Crippen LogP contribution in [0.4, 0.5) is 0 Å². The van der Waals surface area contributed by atoms with Crippen LogP contribution >= 0.6 is 19.1 Å². The zero-order chi connectivity index (χ0) is 11.1. The van der Waals surface area contributed by atoms with Crippen molar-refractivity contribution >= 4 is 24.4 Å². The summed E-state index contributed by atoms with van der Waals surface area (Å²) in [6.07, 6.45) is 0. The maximum atomic E-state index is 5.86. The van der Waals surface area contributed by atoms with E-state index >= 15 is 0 Å². The molecule has 1 aromatic carbocycles. The molecule has 2 heterocycles. The molecule has 2 aliphatic rings. The van der Waals surface area contributed by atoms with Crippen molar-refractivity contribution in [2.24, 2.45) is 0 Å². The van der Waals surface area contributed by atoms with E-state index < -0.39 is 7.51 Å². The van der Waals surface area contributed by atoms with Crippen LogP contribution in [0.25, 0.3) is 0 Å². The Balaban J connectivity index is 2.10. The Hall–Kier alpha value is -0.220. The Labute approximate surface area is 98.7 Å². The van der Waals surface area contributed by atoms with Gasteiger partial charge in [0.1, 0.15) is 0 Å². The minimum absolute atomic E-state index is 0.500. The molecule has 4 nitrogen and oxygen atoms in total. The van der Waals surface area contributed by atoms with Crippen molar-refractivity contribution in [2.75, 3.05) is 26.4 Å². The van der Waals surface area contributed by atoms with Crippen LogP contribution in [0, 0.1) is 0 Å². The third-order valence-electron chi connectivity index (χ3n) is 2.67. The number of hydrogen-bond donors (Lipinski definition) is 0. The third kappa shape index (κ3) is 1.42. The molecule has 1 spiro atoms. The molecule has 3 rings (SSSR count). The molecule has 0 unspecified atom stereocenters. The fourth-order valence-electron chi connectivity index (χ4n) is 1.99. The van der Waals surface area contributed by atoms with E-state index in [1.807, 2.05) is 12.1 Å². The van der Waals surface area contributed by atoms with Gasteiger partial charge in [-0.05, 0) is 0 Å². The molecular formula is C10H12ClO4P. The first-order chi connectivity index (χ1) is 7.73. The maximum absolute atomic E-state index is 5.86. The fraction of sp³-hybridized carbons (Fsp3) is 0.400. The van der Waals surface area contributed by atoms with Crippen molar-refractivity contribution in [1.29, 1.82) is 0 Å². The Bertz CT molecular complexity index is 372. The first-order valence-corrected chi connectivity index (χ1v) is 7.40. The van der Waals surface area contributed by atoms with E-state index in [4.69, 9.17) is 29.7 Å². The number of benzene rings is 1. The molecule has 0 N–H and O–H groups in total. The van der Waals surface area contributed by atoms with Crippen LogP contribution in [0.1, 0.15) is 0 Å². The first kappa shape index (κ1) is 10.9. The van der Waals surface area contributed by atoms with Crippen LogP contribution in [0.5, 0.6) is 0 Å². The standard InChI is InChI=1S/C10H12ClO4P/c11-9-1-3-10(4-2-9)16(12-5-6-13-16)14-7-8-15-16/h1-4H,5-8H2. The SMILES string of the molecule is Clc1ccc(P23(OCCO2)OCCO3)cc1. The molecule has 0 radical (unpaired) electrons. The van der Waals surface area contributed by atoms with Crippen LogP contribution in [0.3, 0.4) is 0 Å². The number of halogens is 1. The van der Waals surface area contributed by atoms with Crippen LogP contribution in [0.2, 0.25) is 5.02 Å². The van der Waals surface area contributed by atoms with Crippen molar-refractivity contribution in [3.05, 3.63) is 29.3 Å². The summed E-state index contributed by atoms with van der Waals surface area (Å²) in [4.78, 5) is 0. The first-order valence-electron chi connectivity index (χ1n) is 5.12. The average Bonchev–Trinajstić information content (AvgIpc) is 2.91. The Morgan fingerprint density at radius 1 is 0.812 bits per heavy atom. The summed E-state index contributed by atoms with van der Waals surface area (Å²) in [5.41, 5.74) is 0. The van der Waals surface area contributed by atoms with E-state index in [0.29, 0.717) is 31.5 Å². The Morgan fingerprint density at radius 3 is 1.69 bits per heavy atom. The molecule has 16 heavy (non-hydrogen) atoms. The van der Waals surface area contributed by atoms with Gasteiger partial charge in [0.2, 0.25) is 0 Å². The molecule has 2 fully saturated rings. The normalized spacial score (nSPS) is 28.9. The van der Waals surface area contributed by atoms with E-state index in [9.17, 15) is 0 Å². The van der Waals surface area contributed by atoms with Crippen molar-refractivity contribution in [2.45, 2.75) is 0 Å².